The van der Waals surface area contributed by atoms with Gasteiger partial charge in [-0.3, -0.25) is 14.9 Å². The minimum Gasteiger partial charge on any atom is -0.497 e. The van der Waals surface area contributed by atoms with Gasteiger partial charge in [0.05, 0.1) is 12.7 Å². The fraction of sp³-hybridized carbons (Fsp3) is 0.0769. The molecule has 0 unspecified atom stereocenters. The zero-order valence-electron chi connectivity index (χ0n) is 17.5. The maximum Gasteiger partial charge on any atom is 0.258 e. The Morgan fingerprint density at radius 1 is 0.969 bits per heavy atom. The number of aryl methyl sites for hydroxylation is 1. The molecule has 0 bridgehead atoms. The summed E-state index contributed by atoms with van der Waals surface area (Å²) in [6.07, 6.45) is 0. The molecule has 158 valence electrons. The van der Waals surface area contributed by atoms with Crippen LogP contribution in [0.5, 0.6) is 5.75 Å². The second kappa shape index (κ2) is 7.98. The first-order valence-corrected chi connectivity index (χ1v) is 10.9. The van der Waals surface area contributed by atoms with E-state index in [1.165, 1.54) is 11.3 Å². The van der Waals surface area contributed by atoms with Crippen LogP contribution in [0.15, 0.2) is 82.0 Å². The van der Waals surface area contributed by atoms with Gasteiger partial charge in [0.25, 0.3) is 5.91 Å². The van der Waals surface area contributed by atoms with E-state index in [-0.39, 0.29) is 17.2 Å². The molecule has 6 heteroatoms. The first kappa shape index (κ1) is 20.0. The lowest BCUT2D eigenvalue weighted by Crippen LogP contribution is -2.17. The van der Waals surface area contributed by atoms with Crippen LogP contribution in [0.4, 0.5) is 5.88 Å². The monoisotopic (exact) mass is 441 g/mol. The maximum absolute atomic E-state index is 13.6. The number of nitrogens with one attached hydrogen (secondary N) is 1. The van der Waals surface area contributed by atoms with Crippen LogP contribution in [-0.2, 0) is 0 Å². The summed E-state index contributed by atoms with van der Waals surface area (Å²) in [5, 5.41) is 3.69. The molecule has 0 atom stereocenters. The number of fused-ring (bicyclic) bond motifs is 3. The van der Waals surface area contributed by atoms with Crippen molar-refractivity contribution in [1.82, 2.24) is 0 Å². The Morgan fingerprint density at radius 3 is 2.44 bits per heavy atom. The fourth-order valence-electron chi connectivity index (χ4n) is 3.75. The van der Waals surface area contributed by atoms with Crippen molar-refractivity contribution in [2.24, 2.45) is 0 Å². The largest absolute Gasteiger partial charge is 0.497 e. The summed E-state index contributed by atoms with van der Waals surface area (Å²) in [5.74, 6) is 0.468. The predicted molar refractivity (Wildman–Crippen MR) is 129 cm³/mol. The highest BCUT2D eigenvalue weighted by Crippen LogP contribution is 2.37. The second-order valence-corrected chi connectivity index (χ2v) is 8.44. The molecule has 3 aromatic carbocycles. The lowest BCUT2D eigenvalue weighted by Gasteiger charge is -2.12. The van der Waals surface area contributed by atoms with Gasteiger partial charge in [-0.1, -0.05) is 42.5 Å². The van der Waals surface area contributed by atoms with E-state index in [2.05, 4.69) is 5.32 Å². The third-order valence-corrected chi connectivity index (χ3v) is 6.56. The average Bonchev–Trinajstić information content (AvgIpc) is 3.19. The van der Waals surface area contributed by atoms with Crippen molar-refractivity contribution in [3.05, 3.63) is 94.1 Å². The van der Waals surface area contributed by atoms with E-state index in [0.717, 1.165) is 15.6 Å². The van der Waals surface area contributed by atoms with Crippen molar-refractivity contribution in [1.29, 1.82) is 0 Å². The first-order chi connectivity index (χ1) is 15.6. The number of thiophene rings is 1. The molecular formula is C26H19NO4S. The molecule has 32 heavy (non-hydrogen) atoms. The number of amides is 1. The van der Waals surface area contributed by atoms with Crippen LogP contribution in [0.3, 0.4) is 0 Å². The molecule has 1 N–H and O–H groups in total. The zero-order valence-corrected chi connectivity index (χ0v) is 18.3. The third kappa shape index (κ3) is 3.35. The van der Waals surface area contributed by atoms with E-state index in [9.17, 15) is 9.59 Å². The van der Waals surface area contributed by atoms with Crippen molar-refractivity contribution in [2.75, 3.05) is 12.4 Å². The Labute approximate surface area is 187 Å². The van der Waals surface area contributed by atoms with Crippen LogP contribution in [0.25, 0.3) is 31.5 Å². The molecule has 5 rings (SSSR count). The molecule has 5 nitrogen and oxygen atoms in total. The minimum absolute atomic E-state index is 0.129. The van der Waals surface area contributed by atoms with Crippen molar-refractivity contribution in [3.63, 3.8) is 0 Å². The molecule has 0 radical (unpaired) electrons. The predicted octanol–water partition coefficient (Wildman–Crippen LogP) is 6.24. The highest BCUT2D eigenvalue weighted by Gasteiger charge is 2.22. The van der Waals surface area contributed by atoms with Crippen LogP contribution in [0.2, 0.25) is 0 Å². The van der Waals surface area contributed by atoms with E-state index >= 15 is 0 Å². The molecule has 0 saturated carbocycles. The molecule has 0 aliphatic carbocycles. The second-order valence-electron chi connectivity index (χ2n) is 7.39. The molecule has 0 aliphatic rings. The van der Waals surface area contributed by atoms with Gasteiger partial charge < -0.3 is 9.15 Å². The van der Waals surface area contributed by atoms with Gasteiger partial charge in [-0.05, 0) is 48.4 Å². The van der Waals surface area contributed by atoms with Gasteiger partial charge in [0.2, 0.25) is 11.3 Å². The van der Waals surface area contributed by atoms with Crippen LogP contribution in [0.1, 0.15) is 15.9 Å². The number of rotatable bonds is 4. The molecule has 0 fully saturated rings. The van der Waals surface area contributed by atoms with Crippen molar-refractivity contribution < 1.29 is 13.9 Å². The summed E-state index contributed by atoms with van der Waals surface area (Å²) < 4.78 is 12.9. The smallest absolute Gasteiger partial charge is 0.258 e. The van der Waals surface area contributed by atoms with Crippen LogP contribution in [-0.4, -0.2) is 13.0 Å². The number of ether oxygens (including phenoxy) is 1. The highest BCUT2D eigenvalue weighted by molar-refractivity contribution is 7.25. The van der Waals surface area contributed by atoms with E-state index in [1.807, 2.05) is 43.3 Å². The Kier molecular flexibility index (Phi) is 4.99. The third-order valence-electron chi connectivity index (χ3n) is 5.41. The van der Waals surface area contributed by atoms with Crippen molar-refractivity contribution in [2.45, 2.75) is 6.92 Å². The quantitative estimate of drug-likeness (QED) is 0.358. The van der Waals surface area contributed by atoms with Crippen LogP contribution < -0.4 is 15.5 Å². The summed E-state index contributed by atoms with van der Waals surface area (Å²) >= 11 is 1.39. The number of carbonyl (C=O) groups is 1. The minimum atomic E-state index is -0.333. The van der Waals surface area contributed by atoms with Crippen LogP contribution in [0, 0.1) is 6.92 Å². The van der Waals surface area contributed by atoms with Gasteiger partial charge in [-0.15, -0.1) is 11.3 Å². The standard InChI is InChI=1S/C26H19NO4S/c1-15-7-3-4-8-18(15)25(29)27-26-21(16-11-13-17(30-2)14-12-16)22(28)24-23(31-26)19-9-5-6-10-20(19)32-24/h3-14H,1-2H3,(H,27,29). The van der Waals surface area contributed by atoms with Gasteiger partial charge in [0, 0.05) is 15.6 Å². The molecule has 0 saturated heterocycles. The zero-order chi connectivity index (χ0) is 22.2. The SMILES string of the molecule is COc1ccc(-c2c(NC(=O)c3ccccc3C)oc3c(sc4ccccc43)c2=O)cc1. The summed E-state index contributed by atoms with van der Waals surface area (Å²) in [6, 6.07) is 22.1. The summed E-state index contributed by atoms with van der Waals surface area (Å²) in [6.45, 7) is 1.87. The van der Waals surface area contributed by atoms with Gasteiger partial charge in [-0.2, -0.15) is 0 Å². The molecule has 0 aliphatic heterocycles. The average molecular weight is 442 g/mol. The molecule has 2 heterocycles. The Morgan fingerprint density at radius 2 is 1.69 bits per heavy atom. The van der Waals surface area contributed by atoms with Gasteiger partial charge in [-0.25, -0.2) is 0 Å². The van der Waals surface area contributed by atoms with Crippen molar-refractivity contribution in [3.8, 4) is 16.9 Å². The number of methoxy groups -OCH3 is 1. The normalized spacial score (nSPS) is 11.1. The van der Waals surface area contributed by atoms with Crippen molar-refractivity contribution >= 4 is 43.5 Å². The number of hydrogen-bond acceptors (Lipinski definition) is 5. The topological polar surface area (TPSA) is 68.5 Å². The molecule has 0 spiro atoms. The molecule has 1 amide bonds. The van der Waals surface area contributed by atoms with E-state index in [1.54, 1.807) is 43.5 Å². The lowest BCUT2D eigenvalue weighted by atomic mass is 10.1. The maximum atomic E-state index is 13.6. The molecule has 5 aromatic rings. The first-order valence-electron chi connectivity index (χ1n) is 10.1. The van der Waals surface area contributed by atoms with E-state index < -0.39 is 0 Å². The lowest BCUT2D eigenvalue weighted by molar-refractivity contribution is 0.102. The number of carbonyl (C=O) groups excluding carboxylic acids is 1. The molecule has 2 aromatic heterocycles. The van der Waals surface area contributed by atoms with E-state index in [0.29, 0.717) is 32.7 Å². The van der Waals surface area contributed by atoms with Gasteiger partial charge in [0.1, 0.15) is 10.4 Å². The fourth-order valence-corrected chi connectivity index (χ4v) is 4.82. The Balaban J connectivity index is 1.74. The highest BCUT2D eigenvalue weighted by atomic mass is 32.1. The number of benzene rings is 3. The summed E-state index contributed by atoms with van der Waals surface area (Å²) in [7, 11) is 1.58. The van der Waals surface area contributed by atoms with Gasteiger partial charge >= 0.3 is 0 Å². The Hall–Kier alpha value is -3.90. The van der Waals surface area contributed by atoms with Gasteiger partial charge in [0.15, 0.2) is 5.58 Å². The summed E-state index contributed by atoms with van der Waals surface area (Å²) in [4.78, 5) is 26.7. The number of anilines is 1. The van der Waals surface area contributed by atoms with Crippen LogP contribution >= 0.6 is 11.3 Å². The molecular weight excluding hydrogens is 422 g/mol. The number of hydrogen-bond donors (Lipinski definition) is 1. The Bertz CT molecular complexity index is 1530. The summed E-state index contributed by atoms with van der Waals surface area (Å²) in [5.41, 5.74) is 2.60. The van der Waals surface area contributed by atoms with E-state index in [4.69, 9.17) is 9.15 Å².